The third-order valence-electron chi connectivity index (χ3n) is 2.23. The van der Waals surface area contributed by atoms with Crippen LogP contribution in [0.3, 0.4) is 0 Å². The van der Waals surface area contributed by atoms with Gasteiger partial charge in [0.05, 0.1) is 19.3 Å². The molecular weight excluding hydrogens is 156 g/mol. The second-order valence-corrected chi connectivity index (χ2v) is 3.11. The molecule has 0 aromatic carbocycles. The monoisotopic (exact) mass is 174 g/mol. The van der Waals surface area contributed by atoms with Crippen LogP contribution in [0.2, 0.25) is 0 Å². The van der Waals surface area contributed by atoms with Crippen molar-refractivity contribution in [1.82, 2.24) is 0 Å². The maximum absolute atomic E-state index is 9.46. The molecular formula is C9H18O3. The summed E-state index contributed by atoms with van der Waals surface area (Å²) in [5.41, 5.74) is -0.809. The summed E-state index contributed by atoms with van der Waals surface area (Å²) in [6.07, 6.45) is 1.91. The maximum Gasteiger partial charge on any atom is 0.0818 e. The van der Waals surface area contributed by atoms with Crippen LogP contribution in [0, 0.1) is 5.41 Å². The average molecular weight is 174 g/mol. The molecule has 0 radical (unpaired) electrons. The van der Waals surface area contributed by atoms with E-state index in [0.29, 0.717) is 6.42 Å². The standard InChI is InChI=1S/C9H18O3/c1-3-5-9(6-10,7-11)8(12)4-2/h4,8,10-12H,2-3,5-7H2,1H3. The largest absolute Gasteiger partial charge is 0.396 e. The first-order valence-electron chi connectivity index (χ1n) is 4.19. The first-order valence-corrected chi connectivity index (χ1v) is 4.19. The third kappa shape index (κ3) is 2.30. The minimum Gasteiger partial charge on any atom is -0.396 e. The fourth-order valence-electron chi connectivity index (χ4n) is 1.29. The molecule has 3 heteroatoms. The molecule has 0 rings (SSSR count). The lowest BCUT2D eigenvalue weighted by molar-refractivity contribution is -0.0362. The summed E-state index contributed by atoms with van der Waals surface area (Å²) in [7, 11) is 0. The highest BCUT2D eigenvalue weighted by atomic mass is 16.3. The molecule has 0 amide bonds. The summed E-state index contributed by atoms with van der Waals surface area (Å²) in [5, 5.41) is 27.5. The van der Waals surface area contributed by atoms with Crippen LogP contribution in [0.15, 0.2) is 12.7 Å². The van der Waals surface area contributed by atoms with E-state index in [1.807, 2.05) is 6.92 Å². The fourth-order valence-corrected chi connectivity index (χ4v) is 1.29. The highest BCUT2D eigenvalue weighted by molar-refractivity contribution is 4.95. The molecule has 0 spiro atoms. The molecule has 0 aliphatic rings. The molecule has 0 aromatic heterocycles. The molecule has 0 aromatic rings. The van der Waals surface area contributed by atoms with Crippen LogP contribution in [0.25, 0.3) is 0 Å². The Hall–Kier alpha value is -0.380. The zero-order chi connectivity index (χ0) is 9.61. The molecule has 0 heterocycles. The van der Waals surface area contributed by atoms with Gasteiger partial charge in [-0.15, -0.1) is 6.58 Å². The zero-order valence-electron chi connectivity index (χ0n) is 7.53. The number of hydrogen-bond donors (Lipinski definition) is 3. The number of rotatable bonds is 6. The van der Waals surface area contributed by atoms with E-state index in [1.54, 1.807) is 0 Å². The van der Waals surface area contributed by atoms with Crippen molar-refractivity contribution in [3.8, 4) is 0 Å². The third-order valence-corrected chi connectivity index (χ3v) is 2.23. The quantitative estimate of drug-likeness (QED) is 0.508. The SMILES string of the molecule is C=CC(O)C(CO)(CO)CCC. The van der Waals surface area contributed by atoms with Crippen molar-refractivity contribution in [2.45, 2.75) is 25.9 Å². The zero-order valence-corrected chi connectivity index (χ0v) is 7.53. The van der Waals surface area contributed by atoms with E-state index in [-0.39, 0.29) is 13.2 Å². The van der Waals surface area contributed by atoms with Gasteiger partial charge in [-0.2, -0.15) is 0 Å². The Morgan fingerprint density at radius 1 is 1.42 bits per heavy atom. The van der Waals surface area contributed by atoms with Crippen LogP contribution in [-0.2, 0) is 0 Å². The Morgan fingerprint density at radius 2 is 1.92 bits per heavy atom. The molecule has 3 nitrogen and oxygen atoms in total. The number of aliphatic hydroxyl groups is 3. The van der Waals surface area contributed by atoms with E-state index in [1.165, 1.54) is 6.08 Å². The van der Waals surface area contributed by atoms with Crippen LogP contribution >= 0.6 is 0 Å². The van der Waals surface area contributed by atoms with Crippen molar-refractivity contribution < 1.29 is 15.3 Å². The molecule has 1 unspecified atom stereocenters. The van der Waals surface area contributed by atoms with Crippen molar-refractivity contribution in [3.05, 3.63) is 12.7 Å². The highest BCUT2D eigenvalue weighted by Crippen LogP contribution is 2.27. The number of aliphatic hydroxyl groups excluding tert-OH is 3. The van der Waals surface area contributed by atoms with Crippen LogP contribution < -0.4 is 0 Å². The van der Waals surface area contributed by atoms with Crippen LogP contribution in [0.5, 0.6) is 0 Å². The van der Waals surface area contributed by atoms with Crippen LogP contribution in [-0.4, -0.2) is 34.6 Å². The minimum absolute atomic E-state index is 0.218. The van der Waals surface area contributed by atoms with Crippen molar-refractivity contribution >= 4 is 0 Å². The van der Waals surface area contributed by atoms with Crippen LogP contribution in [0.4, 0.5) is 0 Å². The van der Waals surface area contributed by atoms with Crippen molar-refractivity contribution in [2.75, 3.05) is 13.2 Å². The predicted molar refractivity (Wildman–Crippen MR) is 47.7 cm³/mol. The number of hydrogen-bond acceptors (Lipinski definition) is 3. The Kier molecular flexibility index (Phi) is 5.13. The van der Waals surface area contributed by atoms with Crippen LogP contribution in [0.1, 0.15) is 19.8 Å². The smallest absolute Gasteiger partial charge is 0.0818 e. The lowest BCUT2D eigenvalue weighted by atomic mass is 9.79. The van der Waals surface area contributed by atoms with Gasteiger partial charge in [-0.1, -0.05) is 19.4 Å². The molecule has 3 N–H and O–H groups in total. The van der Waals surface area contributed by atoms with E-state index in [2.05, 4.69) is 6.58 Å². The molecule has 0 aliphatic carbocycles. The van der Waals surface area contributed by atoms with E-state index in [9.17, 15) is 5.11 Å². The second kappa shape index (κ2) is 5.30. The van der Waals surface area contributed by atoms with E-state index in [4.69, 9.17) is 10.2 Å². The molecule has 0 saturated carbocycles. The molecule has 0 saturated heterocycles. The first kappa shape index (κ1) is 11.6. The van der Waals surface area contributed by atoms with E-state index >= 15 is 0 Å². The van der Waals surface area contributed by atoms with E-state index < -0.39 is 11.5 Å². The van der Waals surface area contributed by atoms with E-state index in [0.717, 1.165) is 6.42 Å². The normalized spacial score (nSPS) is 14.3. The molecule has 72 valence electrons. The molecule has 1 atom stereocenters. The summed E-state index contributed by atoms with van der Waals surface area (Å²) in [6, 6.07) is 0. The summed E-state index contributed by atoms with van der Waals surface area (Å²) >= 11 is 0. The summed E-state index contributed by atoms with van der Waals surface area (Å²) in [5.74, 6) is 0. The maximum atomic E-state index is 9.46. The minimum atomic E-state index is -0.840. The highest BCUT2D eigenvalue weighted by Gasteiger charge is 2.34. The molecule has 0 aliphatic heterocycles. The van der Waals surface area contributed by atoms with Gasteiger partial charge in [0.25, 0.3) is 0 Å². The average Bonchev–Trinajstić information content (AvgIpc) is 2.13. The summed E-state index contributed by atoms with van der Waals surface area (Å²) < 4.78 is 0. The molecule has 0 fully saturated rings. The Labute approximate surface area is 73.4 Å². The van der Waals surface area contributed by atoms with Gasteiger partial charge >= 0.3 is 0 Å². The lowest BCUT2D eigenvalue weighted by Gasteiger charge is -2.32. The topological polar surface area (TPSA) is 60.7 Å². The first-order chi connectivity index (χ1) is 5.66. The lowest BCUT2D eigenvalue weighted by Crippen LogP contribution is -2.40. The fraction of sp³-hybridized carbons (Fsp3) is 0.778. The van der Waals surface area contributed by atoms with Gasteiger partial charge in [0.1, 0.15) is 0 Å². The van der Waals surface area contributed by atoms with Gasteiger partial charge < -0.3 is 15.3 Å². The Balaban J connectivity index is 4.43. The van der Waals surface area contributed by atoms with Gasteiger partial charge in [-0.25, -0.2) is 0 Å². The van der Waals surface area contributed by atoms with Gasteiger partial charge in [0, 0.05) is 5.41 Å². The second-order valence-electron chi connectivity index (χ2n) is 3.11. The molecule has 12 heavy (non-hydrogen) atoms. The Morgan fingerprint density at radius 3 is 2.17 bits per heavy atom. The van der Waals surface area contributed by atoms with Crippen molar-refractivity contribution in [3.63, 3.8) is 0 Å². The summed E-state index contributed by atoms with van der Waals surface area (Å²) in [6.45, 7) is 4.94. The van der Waals surface area contributed by atoms with Gasteiger partial charge in [0.15, 0.2) is 0 Å². The Bertz CT molecular complexity index is 130. The van der Waals surface area contributed by atoms with Crippen molar-refractivity contribution in [2.24, 2.45) is 5.41 Å². The predicted octanol–water partition coefficient (Wildman–Crippen LogP) is 0.304. The van der Waals surface area contributed by atoms with Gasteiger partial charge in [0.2, 0.25) is 0 Å². The van der Waals surface area contributed by atoms with Crippen molar-refractivity contribution in [1.29, 1.82) is 0 Å². The van der Waals surface area contributed by atoms with Gasteiger partial charge in [-0.3, -0.25) is 0 Å². The molecule has 0 bridgehead atoms. The van der Waals surface area contributed by atoms with Gasteiger partial charge in [-0.05, 0) is 6.42 Å². The summed E-state index contributed by atoms with van der Waals surface area (Å²) in [4.78, 5) is 0.